The number of ether oxygens (including phenoxy) is 1. The number of carbonyl (C=O) groups is 1. The Morgan fingerprint density at radius 3 is 2.56 bits per heavy atom. The van der Waals surface area contributed by atoms with Crippen LogP contribution in [0.2, 0.25) is 0 Å². The minimum atomic E-state index is -2.96. The molecule has 0 aliphatic rings. The Morgan fingerprint density at radius 1 is 1.44 bits per heavy atom. The first kappa shape index (κ1) is 13.6. The second-order valence-corrected chi connectivity index (χ2v) is 4.69. The summed E-state index contributed by atoms with van der Waals surface area (Å²) in [6.45, 7) is -1.30. The maximum atomic E-state index is 12.2. The maximum Gasteiger partial charge on any atom is 0.387 e. The molecule has 0 atom stereocenters. The van der Waals surface area contributed by atoms with Gasteiger partial charge in [0, 0.05) is 10.9 Å². The summed E-state index contributed by atoms with van der Waals surface area (Å²) < 4.78 is 29.6. The summed E-state index contributed by atoms with van der Waals surface area (Å²) >= 11 is 6.27. The Bertz CT molecular complexity index is 408. The summed E-state index contributed by atoms with van der Waals surface area (Å²) in [5, 5.41) is 0. The number of carbonyl (C=O) groups excluding carboxylic acids is 1. The number of hydrogen-bond donors (Lipinski definition) is 0. The van der Waals surface area contributed by atoms with E-state index in [2.05, 4.69) is 36.6 Å². The van der Waals surface area contributed by atoms with Crippen LogP contribution in [0, 0.1) is 0 Å². The lowest BCUT2D eigenvalue weighted by molar-refractivity contribution is -0.0506. The van der Waals surface area contributed by atoms with Crippen molar-refractivity contribution in [3.05, 3.63) is 26.6 Å². The monoisotopic (exact) mass is 356 g/mol. The van der Waals surface area contributed by atoms with Gasteiger partial charge < -0.3 is 4.74 Å². The SMILES string of the molecule is CCC(=O)c1cc(Br)cc(Br)c1OC(F)F. The molecule has 0 heterocycles. The van der Waals surface area contributed by atoms with E-state index in [4.69, 9.17) is 0 Å². The molecule has 0 saturated heterocycles. The normalized spacial score (nSPS) is 10.6. The highest BCUT2D eigenvalue weighted by molar-refractivity contribution is 9.11. The Balaban J connectivity index is 3.26. The summed E-state index contributed by atoms with van der Waals surface area (Å²) in [4.78, 5) is 11.6. The van der Waals surface area contributed by atoms with E-state index in [-0.39, 0.29) is 23.5 Å². The average molecular weight is 358 g/mol. The Kier molecular flexibility index (Phi) is 4.86. The Hall–Kier alpha value is -0.490. The van der Waals surface area contributed by atoms with Crippen molar-refractivity contribution in [2.24, 2.45) is 0 Å². The second kappa shape index (κ2) is 5.72. The fourth-order valence-corrected chi connectivity index (χ4v) is 2.49. The number of hydrogen-bond acceptors (Lipinski definition) is 2. The third-order valence-electron chi connectivity index (χ3n) is 1.84. The van der Waals surface area contributed by atoms with E-state index in [0.717, 1.165) is 0 Å². The van der Waals surface area contributed by atoms with Crippen LogP contribution >= 0.6 is 31.9 Å². The van der Waals surface area contributed by atoms with Crippen LogP contribution in [0.5, 0.6) is 5.75 Å². The number of alkyl halides is 2. The zero-order valence-electron chi connectivity index (χ0n) is 8.27. The lowest BCUT2D eigenvalue weighted by Crippen LogP contribution is -2.08. The molecule has 0 saturated carbocycles. The molecule has 2 nitrogen and oxygen atoms in total. The van der Waals surface area contributed by atoms with E-state index in [0.29, 0.717) is 8.95 Å². The lowest BCUT2D eigenvalue weighted by atomic mass is 10.1. The minimum absolute atomic E-state index is 0.120. The van der Waals surface area contributed by atoms with Gasteiger partial charge in [-0.2, -0.15) is 8.78 Å². The number of Topliss-reactive ketones (excluding diaryl/α,β-unsaturated/α-hetero) is 1. The molecule has 0 aliphatic heterocycles. The van der Waals surface area contributed by atoms with Gasteiger partial charge in [0.15, 0.2) is 11.5 Å². The van der Waals surface area contributed by atoms with E-state index in [1.54, 1.807) is 13.0 Å². The van der Waals surface area contributed by atoms with Crippen molar-refractivity contribution in [1.29, 1.82) is 0 Å². The van der Waals surface area contributed by atoms with E-state index >= 15 is 0 Å². The van der Waals surface area contributed by atoms with E-state index in [1.165, 1.54) is 6.07 Å². The largest absolute Gasteiger partial charge is 0.433 e. The standard InChI is InChI=1S/C10H8Br2F2O2/c1-2-8(15)6-3-5(11)4-7(12)9(6)16-10(13)14/h3-4,10H,2H2,1H3. The summed E-state index contributed by atoms with van der Waals surface area (Å²) in [6.07, 6.45) is 0.225. The third kappa shape index (κ3) is 3.25. The topological polar surface area (TPSA) is 26.3 Å². The van der Waals surface area contributed by atoms with Crippen LogP contribution in [-0.2, 0) is 0 Å². The molecule has 0 fully saturated rings. The quantitative estimate of drug-likeness (QED) is 0.746. The van der Waals surface area contributed by atoms with Crippen molar-refractivity contribution in [3.63, 3.8) is 0 Å². The first-order valence-corrected chi connectivity index (χ1v) is 6.01. The second-order valence-electron chi connectivity index (χ2n) is 2.92. The first-order valence-electron chi connectivity index (χ1n) is 4.42. The zero-order chi connectivity index (χ0) is 12.3. The molecule has 0 aromatic heterocycles. The van der Waals surface area contributed by atoms with Gasteiger partial charge in [0.2, 0.25) is 0 Å². The molecule has 0 unspecified atom stereocenters. The zero-order valence-corrected chi connectivity index (χ0v) is 11.4. The van der Waals surface area contributed by atoms with Crippen LogP contribution in [0.4, 0.5) is 8.78 Å². The summed E-state index contributed by atoms with van der Waals surface area (Å²) in [6, 6.07) is 3.01. The van der Waals surface area contributed by atoms with Gasteiger partial charge in [0.1, 0.15) is 0 Å². The molecule has 88 valence electrons. The number of halogens is 4. The summed E-state index contributed by atoms with van der Waals surface area (Å²) in [7, 11) is 0. The van der Waals surface area contributed by atoms with Gasteiger partial charge >= 0.3 is 6.61 Å². The molecule has 0 bridgehead atoms. The Morgan fingerprint density at radius 2 is 2.06 bits per heavy atom. The molecule has 6 heteroatoms. The molecule has 0 spiro atoms. The highest BCUT2D eigenvalue weighted by Crippen LogP contribution is 2.34. The van der Waals surface area contributed by atoms with Gasteiger partial charge in [0.05, 0.1) is 10.0 Å². The van der Waals surface area contributed by atoms with Gasteiger partial charge in [-0.05, 0) is 28.1 Å². The van der Waals surface area contributed by atoms with Crippen molar-refractivity contribution in [2.45, 2.75) is 20.0 Å². The van der Waals surface area contributed by atoms with Gasteiger partial charge in [-0.1, -0.05) is 22.9 Å². The van der Waals surface area contributed by atoms with Crippen molar-refractivity contribution >= 4 is 37.6 Å². The molecule has 16 heavy (non-hydrogen) atoms. The number of ketones is 1. The highest BCUT2D eigenvalue weighted by atomic mass is 79.9. The average Bonchev–Trinajstić information content (AvgIpc) is 2.20. The highest BCUT2D eigenvalue weighted by Gasteiger charge is 2.18. The molecule has 0 amide bonds. The van der Waals surface area contributed by atoms with Gasteiger partial charge in [-0.15, -0.1) is 0 Å². The predicted octanol–water partition coefficient (Wildman–Crippen LogP) is 4.41. The van der Waals surface area contributed by atoms with Crippen LogP contribution in [0.25, 0.3) is 0 Å². The van der Waals surface area contributed by atoms with Crippen LogP contribution in [-0.4, -0.2) is 12.4 Å². The molecule has 1 aromatic carbocycles. The number of rotatable bonds is 4. The van der Waals surface area contributed by atoms with Crippen LogP contribution in [0.1, 0.15) is 23.7 Å². The van der Waals surface area contributed by atoms with Crippen molar-refractivity contribution in [2.75, 3.05) is 0 Å². The molecule has 0 aliphatic carbocycles. The van der Waals surface area contributed by atoms with E-state index in [9.17, 15) is 13.6 Å². The maximum absolute atomic E-state index is 12.2. The predicted molar refractivity (Wildman–Crippen MR) is 63.1 cm³/mol. The first-order chi connectivity index (χ1) is 7.45. The van der Waals surface area contributed by atoms with Gasteiger partial charge in [0.25, 0.3) is 0 Å². The molecule has 1 aromatic rings. The van der Waals surface area contributed by atoms with Crippen molar-refractivity contribution in [1.82, 2.24) is 0 Å². The summed E-state index contributed by atoms with van der Waals surface area (Å²) in [5.74, 6) is -0.372. The minimum Gasteiger partial charge on any atom is -0.433 e. The third-order valence-corrected chi connectivity index (χ3v) is 2.88. The molecule has 0 radical (unpaired) electrons. The lowest BCUT2D eigenvalue weighted by Gasteiger charge is -2.12. The number of benzene rings is 1. The molecular formula is C10H8Br2F2O2. The Labute approximate surface area is 108 Å². The fraction of sp³-hybridized carbons (Fsp3) is 0.300. The van der Waals surface area contributed by atoms with Gasteiger partial charge in [-0.25, -0.2) is 0 Å². The van der Waals surface area contributed by atoms with Crippen molar-refractivity contribution < 1.29 is 18.3 Å². The van der Waals surface area contributed by atoms with Crippen LogP contribution < -0.4 is 4.74 Å². The smallest absolute Gasteiger partial charge is 0.387 e. The molecule has 1 rings (SSSR count). The molecular weight excluding hydrogens is 350 g/mol. The van der Waals surface area contributed by atoms with Gasteiger partial charge in [-0.3, -0.25) is 4.79 Å². The van der Waals surface area contributed by atoms with E-state index < -0.39 is 6.61 Å². The fourth-order valence-electron chi connectivity index (χ4n) is 1.17. The van der Waals surface area contributed by atoms with Crippen molar-refractivity contribution in [3.8, 4) is 5.75 Å². The van der Waals surface area contributed by atoms with Crippen LogP contribution in [0.15, 0.2) is 21.1 Å². The molecule has 0 N–H and O–H groups in total. The van der Waals surface area contributed by atoms with Crippen LogP contribution in [0.3, 0.4) is 0 Å². The summed E-state index contributed by atoms with van der Waals surface area (Å²) in [5.41, 5.74) is 0.143. The van der Waals surface area contributed by atoms with E-state index in [1.807, 2.05) is 0 Å².